The summed E-state index contributed by atoms with van der Waals surface area (Å²) in [7, 11) is 1.80. The number of amides is 1. The van der Waals surface area contributed by atoms with Crippen molar-refractivity contribution in [2.45, 2.75) is 25.3 Å². The summed E-state index contributed by atoms with van der Waals surface area (Å²) >= 11 is 0. The van der Waals surface area contributed by atoms with E-state index >= 15 is 0 Å². The number of nitrogens with zero attached hydrogens (tertiary/aromatic N) is 3. The molecule has 4 rings (SSSR count). The van der Waals surface area contributed by atoms with Crippen LogP contribution in [0.1, 0.15) is 19.3 Å². The van der Waals surface area contributed by atoms with Crippen LogP contribution >= 0.6 is 24.0 Å². The number of guanidine groups is 1. The van der Waals surface area contributed by atoms with E-state index in [2.05, 4.69) is 50.9 Å². The predicted molar refractivity (Wildman–Crippen MR) is 140 cm³/mol. The topological polar surface area (TPSA) is 69.2 Å². The fourth-order valence-corrected chi connectivity index (χ4v) is 4.20. The maximum atomic E-state index is 12.3. The summed E-state index contributed by atoms with van der Waals surface area (Å²) in [6.45, 7) is 3.54. The molecule has 2 aromatic carbocycles. The van der Waals surface area contributed by atoms with E-state index in [0.29, 0.717) is 12.6 Å². The molecule has 7 nitrogen and oxygen atoms in total. The van der Waals surface area contributed by atoms with Crippen LogP contribution in [0.15, 0.2) is 59.6 Å². The van der Waals surface area contributed by atoms with E-state index in [1.54, 1.807) is 7.05 Å². The normalized spacial score (nSPS) is 18.3. The molecule has 0 radical (unpaired) electrons. The zero-order chi connectivity index (χ0) is 21.5. The van der Waals surface area contributed by atoms with Crippen molar-refractivity contribution in [3.63, 3.8) is 0 Å². The molecule has 0 aliphatic carbocycles. The Hall–Kier alpha value is -2.49. The summed E-state index contributed by atoms with van der Waals surface area (Å²) in [5.74, 6) is 1.59. The van der Waals surface area contributed by atoms with Crippen molar-refractivity contribution in [1.29, 1.82) is 0 Å². The van der Waals surface area contributed by atoms with Gasteiger partial charge < -0.3 is 25.2 Å². The van der Waals surface area contributed by atoms with Crippen molar-refractivity contribution in [3.8, 4) is 5.75 Å². The molecule has 32 heavy (non-hydrogen) atoms. The number of para-hydroxylation sites is 3. The Bertz CT molecular complexity index is 908. The summed E-state index contributed by atoms with van der Waals surface area (Å²) in [4.78, 5) is 20.9. The van der Waals surface area contributed by atoms with Gasteiger partial charge in [-0.3, -0.25) is 9.79 Å². The van der Waals surface area contributed by atoms with Gasteiger partial charge in [0.1, 0.15) is 5.75 Å². The summed E-state index contributed by atoms with van der Waals surface area (Å²) in [6.07, 6.45) is 3.10. The van der Waals surface area contributed by atoms with E-state index in [4.69, 9.17) is 4.74 Å². The molecule has 2 N–H and O–H groups in total. The summed E-state index contributed by atoms with van der Waals surface area (Å²) in [6, 6.07) is 18.6. The van der Waals surface area contributed by atoms with Crippen molar-refractivity contribution >= 4 is 47.2 Å². The van der Waals surface area contributed by atoms with Gasteiger partial charge in [0.05, 0.1) is 5.69 Å². The highest BCUT2D eigenvalue weighted by Crippen LogP contribution is 2.31. The van der Waals surface area contributed by atoms with E-state index in [1.165, 1.54) is 5.69 Å². The number of piperidine rings is 1. The molecule has 172 valence electrons. The highest BCUT2D eigenvalue weighted by atomic mass is 127. The van der Waals surface area contributed by atoms with Gasteiger partial charge in [-0.2, -0.15) is 0 Å². The second-order valence-corrected chi connectivity index (χ2v) is 7.92. The molecule has 2 heterocycles. The number of rotatable bonds is 6. The number of carbonyl (C=O) groups excluding carboxylic acids is 1. The zero-order valence-electron chi connectivity index (χ0n) is 18.5. The molecule has 1 saturated heterocycles. The third-order valence-electron chi connectivity index (χ3n) is 5.77. The smallest absolute Gasteiger partial charge is 0.265 e. The Kier molecular flexibility index (Phi) is 9.01. The van der Waals surface area contributed by atoms with Gasteiger partial charge in [-0.15, -0.1) is 24.0 Å². The molecule has 1 fully saturated rings. The van der Waals surface area contributed by atoms with Crippen molar-refractivity contribution in [2.75, 3.05) is 49.6 Å². The lowest BCUT2D eigenvalue weighted by molar-refractivity contribution is -0.121. The fraction of sp³-hybridized carbons (Fsp3) is 0.417. The summed E-state index contributed by atoms with van der Waals surface area (Å²) in [5.41, 5.74) is 2.12. The Labute approximate surface area is 207 Å². The second kappa shape index (κ2) is 11.9. The molecule has 0 spiro atoms. The van der Waals surface area contributed by atoms with E-state index in [-0.39, 0.29) is 36.5 Å². The third kappa shape index (κ3) is 6.05. The number of hydrogen-bond acceptors (Lipinski definition) is 4. The van der Waals surface area contributed by atoms with Gasteiger partial charge in [-0.1, -0.05) is 30.3 Å². The highest BCUT2D eigenvalue weighted by molar-refractivity contribution is 14.0. The van der Waals surface area contributed by atoms with Gasteiger partial charge in [0, 0.05) is 45.0 Å². The second-order valence-electron chi connectivity index (χ2n) is 7.92. The SMILES string of the molecule is CN=C(NCCCN1C(=O)COc2ccccc21)NC1CCCN(c2ccccc2)C1.I. The minimum atomic E-state index is 0. The van der Waals surface area contributed by atoms with Crippen LogP contribution in [-0.2, 0) is 4.79 Å². The molecule has 0 saturated carbocycles. The highest BCUT2D eigenvalue weighted by Gasteiger charge is 2.24. The maximum absolute atomic E-state index is 12.3. The zero-order valence-corrected chi connectivity index (χ0v) is 20.8. The predicted octanol–water partition coefficient (Wildman–Crippen LogP) is 3.25. The molecule has 2 aliphatic rings. The first-order valence-electron chi connectivity index (χ1n) is 11.0. The first-order valence-corrected chi connectivity index (χ1v) is 11.0. The quantitative estimate of drug-likeness (QED) is 0.251. The van der Waals surface area contributed by atoms with Gasteiger partial charge in [0.2, 0.25) is 0 Å². The van der Waals surface area contributed by atoms with Crippen molar-refractivity contribution < 1.29 is 9.53 Å². The molecule has 0 aromatic heterocycles. The maximum Gasteiger partial charge on any atom is 0.265 e. The van der Waals surface area contributed by atoms with Crippen LogP contribution in [-0.4, -0.2) is 57.7 Å². The number of benzene rings is 2. The average Bonchev–Trinajstić information content (AvgIpc) is 2.83. The van der Waals surface area contributed by atoms with Crippen LogP contribution in [0.3, 0.4) is 0 Å². The van der Waals surface area contributed by atoms with Crippen molar-refractivity contribution in [1.82, 2.24) is 10.6 Å². The number of fused-ring (bicyclic) bond motifs is 1. The first kappa shape index (κ1) is 24.2. The van der Waals surface area contributed by atoms with Crippen molar-refractivity contribution in [2.24, 2.45) is 4.99 Å². The largest absolute Gasteiger partial charge is 0.482 e. The molecule has 2 aromatic rings. The monoisotopic (exact) mass is 549 g/mol. The van der Waals surface area contributed by atoms with Crippen LogP contribution < -0.4 is 25.2 Å². The van der Waals surface area contributed by atoms with E-state index in [0.717, 1.165) is 56.3 Å². The number of carbonyl (C=O) groups is 1. The molecule has 1 atom stereocenters. The molecule has 1 unspecified atom stereocenters. The summed E-state index contributed by atoms with van der Waals surface area (Å²) in [5, 5.41) is 6.97. The third-order valence-corrected chi connectivity index (χ3v) is 5.77. The standard InChI is InChI=1S/C24H31N5O2.HI/c1-25-24(27-19-9-7-15-28(17-19)20-10-3-2-4-11-20)26-14-8-16-29-21-12-5-6-13-22(21)31-18-23(29)30;/h2-6,10-13,19H,7-9,14-18H2,1H3,(H2,25,26,27);1H. The number of aliphatic imine (C=N–C) groups is 1. The number of hydrogen-bond donors (Lipinski definition) is 2. The Balaban J connectivity index is 0.00000289. The molecule has 2 aliphatic heterocycles. The molecular formula is C24H32IN5O2. The number of anilines is 2. The van der Waals surface area contributed by atoms with Crippen LogP contribution in [0.2, 0.25) is 0 Å². The van der Waals surface area contributed by atoms with E-state index < -0.39 is 0 Å². The summed E-state index contributed by atoms with van der Waals surface area (Å²) < 4.78 is 5.51. The van der Waals surface area contributed by atoms with Crippen LogP contribution in [0.5, 0.6) is 5.75 Å². The van der Waals surface area contributed by atoms with Crippen LogP contribution in [0.25, 0.3) is 0 Å². The minimum absolute atomic E-state index is 0. The minimum Gasteiger partial charge on any atom is -0.482 e. The Morgan fingerprint density at radius 1 is 1.16 bits per heavy atom. The van der Waals surface area contributed by atoms with E-state index in [9.17, 15) is 4.79 Å². The van der Waals surface area contributed by atoms with Gasteiger partial charge in [0.25, 0.3) is 5.91 Å². The van der Waals surface area contributed by atoms with Gasteiger partial charge in [-0.05, 0) is 43.5 Å². The number of nitrogens with one attached hydrogen (secondary N) is 2. The average molecular weight is 549 g/mol. The Morgan fingerprint density at radius 2 is 1.94 bits per heavy atom. The molecule has 1 amide bonds. The first-order chi connectivity index (χ1) is 15.2. The lowest BCUT2D eigenvalue weighted by Gasteiger charge is -2.35. The van der Waals surface area contributed by atoms with Gasteiger partial charge >= 0.3 is 0 Å². The fourth-order valence-electron chi connectivity index (χ4n) is 4.20. The lowest BCUT2D eigenvalue weighted by atomic mass is 10.1. The molecule has 0 bridgehead atoms. The molecule has 8 heteroatoms. The number of ether oxygens (including phenoxy) is 1. The lowest BCUT2D eigenvalue weighted by Crippen LogP contribution is -2.51. The van der Waals surface area contributed by atoms with Crippen LogP contribution in [0.4, 0.5) is 11.4 Å². The number of halogens is 1. The molecular weight excluding hydrogens is 517 g/mol. The van der Waals surface area contributed by atoms with Crippen molar-refractivity contribution in [3.05, 3.63) is 54.6 Å². The Morgan fingerprint density at radius 3 is 2.75 bits per heavy atom. The van der Waals surface area contributed by atoms with E-state index in [1.807, 2.05) is 29.2 Å². The van der Waals surface area contributed by atoms with Gasteiger partial charge in [-0.25, -0.2) is 0 Å². The van der Waals surface area contributed by atoms with Crippen LogP contribution in [0, 0.1) is 0 Å². The van der Waals surface area contributed by atoms with Gasteiger partial charge in [0.15, 0.2) is 12.6 Å².